The Hall–Kier alpha value is -5.57. The first-order valence-electron chi connectivity index (χ1n) is 18.6. The van der Waals surface area contributed by atoms with Crippen molar-refractivity contribution in [3.8, 4) is 33.8 Å². The van der Waals surface area contributed by atoms with E-state index in [1.165, 1.54) is 20.7 Å². The fourth-order valence-corrected chi connectivity index (χ4v) is 16.7. The maximum Gasteiger partial charge on any atom is 0.319 e. The van der Waals surface area contributed by atoms with Crippen molar-refractivity contribution in [2.24, 2.45) is 0 Å². The van der Waals surface area contributed by atoms with Crippen LogP contribution in [-0.2, 0) is 0 Å². The number of nitrogens with zero attached hydrogens (tertiary/aromatic N) is 2. The van der Waals surface area contributed by atoms with Gasteiger partial charge in [0.25, 0.3) is 0 Å². The first-order chi connectivity index (χ1) is 26.0. The van der Waals surface area contributed by atoms with Gasteiger partial charge in [0.05, 0.1) is 0 Å². The van der Waals surface area contributed by atoms with E-state index in [4.69, 9.17) is 8.85 Å². The van der Waals surface area contributed by atoms with Gasteiger partial charge in [-0.3, -0.25) is 9.97 Å². The summed E-state index contributed by atoms with van der Waals surface area (Å²) in [5.74, 6) is 1.57. The summed E-state index contributed by atoms with van der Waals surface area (Å²) in [5.41, 5.74) is 3.76. The van der Waals surface area contributed by atoms with Gasteiger partial charge in [-0.1, -0.05) is 175 Å². The van der Waals surface area contributed by atoms with Gasteiger partial charge in [0, 0.05) is 47.0 Å². The predicted octanol–water partition coefficient (Wildman–Crippen LogP) is 9.69. The number of hydrogen-bond donors (Lipinski definition) is 0. The molecule has 7 aromatic rings. The minimum atomic E-state index is -3.05. The fourth-order valence-electron chi connectivity index (χ4n) is 7.85. The normalized spacial score (nSPS) is 12.3. The van der Waals surface area contributed by atoms with E-state index in [-0.39, 0.29) is 10.1 Å². The second-order valence-corrected chi connectivity index (χ2v) is 24.3. The van der Waals surface area contributed by atoms with Gasteiger partial charge >= 0.3 is 16.6 Å². The average Bonchev–Trinajstić information content (AvgIpc) is 3.20. The molecule has 2 heterocycles. The zero-order valence-corrected chi connectivity index (χ0v) is 34.0. The number of aromatic nitrogens is 2. The topological polar surface area (TPSA) is 44.2 Å². The maximum atomic E-state index is 7.85. The minimum Gasteiger partial charge on any atom is -0.534 e. The molecule has 0 radical (unpaired) electrons. The average molecular weight is 741 g/mol. The van der Waals surface area contributed by atoms with Crippen molar-refractivity contribution in [2.45, 2.75) is 51.6 Å². The molecule has 0 N–H and O–H groups in total. The molecule has 0 aliphatic carbocycles. The molecule has 5 aromatic carbocycles. The Labute approximate surface area is 322 Å². The lowest BCUT2D eigenvalue weighted by Crippen LogP contribution is -2.69. The van der Waals surface area contributed by atoms with Crippen molar-refractivity contribution in [2.75, 3.05) is 0 Å². The van der Waals surface area contributed by atoms with Crippen molar-refractivity contribution in [3.63, 3.8) is 0 Å². The Kier molecular flexibility index (Phi) is 10.3. The fraction of sp³-hybridized carbons (Fsp3) is 0.167. The van der Waals surface area contributed by atoms with Crippen LogP contribution in [-0.4, -0.2) is 26.6 Å². The molecule has 4 nitrogen and oxygen atoms in total. The highest BCUT2D eigenvalue weighted by Crippen LogP contribution is 2.47. The second-order valence-electron chi connectivity index (χ2n) is 15.9. The van der Waals surface area contributed by atoms with Gasteiger partial charge in [-0.05, 0) is 55.1 Å². The van der Waals surface area contributed by atoms with Crippen molar-refractivity contribution >= 4 is 37.4 Å². The van der Waals surface area contributed by atoms with E-state index in [1.54, 1.807) is 0 Å². The Morgan fingerprint density at radius 2 is 0.685 bits per heavy atom. The quantitative estimate of drug-likeness (QED) is 0.131. The molecule has 6 heteroatoms. The Bertz CT molecular complexity index is 2030. The summed E-state index contributed by atoms with van der Waals surface area (Å²) in [6.07, 6.45) is 7.47. The van der Waals surface area contributed by atoms with Crippen LogP contribution in [0.3, 0.4) is 0 Å². The predicted molar refractivity (Wildman–Crippen MR) is 229 cm³/mol. The minimum absolute atomic E-state index is 0.250. The third-order valence-electron chi connectivity index (χ3n) is 10.4. The summed E-state index contributed by atoms with van der Waals surface area (Å²) in [6, 6.07) is 55.8. The monoisotopic (exact) mass is 740 g/mol. The SMILES string of the molecule is CC(C)(C)[Si](Oc1cc(-c2cccnc2)c(O[Si](c2ccccc2)(c2ccccc2)C(C)(C)C)cc1-c1cccnc1)(c1ccccc1)c1ccccc1. The third-order valence-corrected chi connectivity index (χ3v) is 20.2. The van der Waals surface area contributed by atoms with Gasteiger partial charge in [0.1, 0.15) is 11.5 Å². The van der Waals surface area contributed by atoms with Crippen LogP contribution in [0.4, 0.5) is 0 Å². The molecule has 2 aromatic heterocycles. The lowest BCUT2D eigenvalue weighted by molar-refractivity contribution is 0.500. The van der Waals surface area contributed by atoms with Crippen LogP contribution in [0, 0.1) is 0 Å². The molecule has 0 spiro atoms. The number of benzene rings is 5. The smallest absolute Gasteiger partial charge is 0.319 e. The van der Waals surface area contributed by atoms with Crippen LogP contribution in [0.15, 0.2) is 183 Å². The molecule has 0 aliphatic rings. The van der Waals surface area contributed by atoms with Gasteiger partial charge in [0.15, 0.2) is 0 Å². The molecular weight excluding hydrogens is 693 g/mol. The van der Waals surface area contributed by atoms with Gasteiger partial charge in [-0.25, -0.2) is 0 Å². The lowest BCUT2D eigenvalue weighted by Gasteiger charge is -2.44. The van der Waals surface area contributed by atoms with E-state index >= 15 is 0 Å². The molecule has 7 rings (SSSR count). The highest BCUT2D eigenvalue weighted by atomic mass is 28.4. The zero-order valence-electron chi connectivity index (χ0n) is 32.0. The maximum absolute atomic E-state index is 7.85. The van der Waals surface area contributed by atoms with Gasteiger partial charge < -0.3 is 8.85 Å². The molecule has 0 bridgehead atoms. The van der Waals surface area contributed by atoms with Crippen LogP contribution in [0.5, 0.6) is 11.5 Å². The third kappa shape index (κ3) is 6.83. The summed E-state index contributed by atoms with van der Waals surface area (Å²) in [5, 5.41) is 4.32. The molecular formula is C48H48N2O2Si2. The van der Waals surface area contributed by atoms with Crippen LogP contribution < -0.4 is 29.6 Å². The summed E-state index contributed by atoms with van der Waals surface area (Å²) < 4.78 is 15.7. The van der Waals surface area contributed by atoms with Crippen molar-refractivity contribution in [3.05, 3.63) is 183 Å². The molecule has 270 valence electrons. The number of hydrogen-bond acceptors (Lipinski definition) is 4. The Morgan fingerprint density at radius 1 is 0.389 bits per heavy atom. The van der Waals surface area contributed by atoms with Crippen LogP contribution in [0.2, 0.25) is 10.1 Å². The van der Waals surface area contributed by atoms with Crippen molar-refractivity contribution < 1.29 is 8.85 Å². The first-order valence-corrected chi connectivity index (χ1v) is 22.5. The molecule has 0 fully saturated rings. The molecule has 54 heavy (non-hydrogen) atoms. The summed E-state index contributed by atoms with van der Waals surface area (Å²) in [6.45, 7) is 13.9. The van der Waals surface area contributed by atoms with Gasteiger partial charge in [-0.15, -0.1) is 0 Å². The molecule has 0 saturated carbocycles. The summed E-state index contributed by atoms with van der Waals surface area (Å²) >= 11 is 0. The first kappa shape index (κ1) is 36.8. The largest absolute Gasteiger partial charge is 0.534 e. The van der Waals surface area contributed by atoms with E-state index < -0.39 is 16.6 Å². The Balaban J connectivity index is 1.56. The van der Waals surface area contributed by atoms with Gasteiger partial charge in [-0.2, -0.15) is 0 Å². The lowest BCUT2D eigenvalue weighted by atomic mass is 10.00. The van der Waals surface area contributed by atoms with E-state index in [0.717, 1.165) is 33.8 Å². The highest BCUT2D eigenvalue weighted by Gasteiger charge is 2.54. The zero-order chi connectivity index (χ0) is 37.8. The molecule has 0 saturated heterocycles. The molecule has 0 unspecified atom stereocenters. The van der Waals surface area contributed by atoms with E-state index in [0.29, 0.717) is 0 Å². The Morgan fingerprint density at radius 3 is 0.926 bits per heavy atom. The van der Waals surface area contributed by atoms with Crippen LogP contribution in [0.1, 0.15) is 41.5 Å². The summed E-state index contributed by atoms with van der Waals surface area (Å²) in [4.78, 5) is 9.19. The van der Waals surface area contributed by atoms with Crippen molar-refractivity contribution in [1.82, 2.24) is 9.97 Å². The van der Waals surface area contributed by atoms with E-state index in [2.05, 4.69) is 197 Å². The second kappa shape index (κ2) is 15.1. The van der Waals surface area contributed by atoms with Crippen molar-refractivity contribution in [1.29, 1.82) is 0 Å². The highest BCUT2D eigenvalue weighted by molar-refractivity contribution is 7.00. The standard InChI is InChI=1S/C48H48N2O2Si2/c1-47(2,3)53(39-23-11-7-12-24-39,40-25-13-8-14-26-40)51-45-33-44(38-22-20-32-50-36-38)46(34-43(45)37-21-19-31-49-35-37)52-54(48(4,5)6,41-27-15-9-16-28-41)42-29-17-10-18-30-42/h7-36H,1-6H3. The summed E-state index contributed by atoms with van der Waals surface area (Å²) in [7, 11) is -6.09. The number of rotatable bonds is 10. The van der Waals surface area contributed by atoms with Crippen LogP contribution >= 0.6 is 0 Å². The van der Waals surface area contributed by atoms with E-state index in [9.17, 15) is 0 Å². The molecule has 0 amide bonds. The van der Waals surface area contributed by atoms with Crippen LogP contribution in [0.25, 0.3) is 22.3 Å². The van der Waals surface area contributed by atoms with Gasteiger partial charge in [0.2, 0.25) is 0 Å². The number of pyridine rings is 2. The molecule has 0 aliphatic heterocycles. The van der Waals surface area contributed by atoms with E-state index in [1.807, 2.05) is 36.9 Å². The molecule has 0 atom stereocenters.